The summed E-state index contributed by atoms with van der Waals surface area (Å²) in [5, 5.41) is 3.72. The van der Waals surface area contributed by atoms with Crippen LogP contribution in [0.1, 0.15) is 29.8 Å². The van der Waals surface area contributed by atoms with Gasteiger partial charge in [0, 0.05) is 33.5 Å². The predicted molar refractivity (Wildman–Crippen MR) is 153 cm³/mol. The normalized spacial score (nSPS) is 11.3. The summed E-state index contributed by atoms with van der Waals surface area (Å²) in [4.78, 5) is 38.6. The number of fused-ring (bicyclic) bond motifs is 1. The van der Waals surface area contributed by atoms with Crippen LogP contribution in [0.4, 0.5) is 5.69 Å². The Balaban J connectivity index is 1.29. The Hall–Kier alpha value is -4.68. The van der Waals surface area contributed by atoms with E-state index in [0.29, 0.717) is 44.3 Å². The number of hydrogen-bond acceptors (Lipinski definition) is 5. The number of amides is 1. The van der Waals surface area contributed by atoms with Gasteiger partial charge >= 0.3 is 0 Å². The number of carbonyl (C=O) groups is 2. The van der Waals surface area contributed by atoms with Gasteiger partial charge in [-0.05, 0) is 80.6 Å². The number of rotatable bonds is 7. The fraction of sp³-hybridized carbons (Fsp3) is 0.0938. The maximum atomic E-state index is 13.1. The van der Waals surface area contributed by atoms with Crippen LogP contribution in [0.3, 0.4) is 0 Å². The van der Waals surface area contributed by atoms with Gasteiger partial charge in [-0.2, -0.15) is 0 Å². The molecular weight excluding hydrogens is 514 g/mol. The highest BCUT2D eigenvalue weighted by atomic mass is 35.5. The average molecular weight is 538 g/mol. The molecule has 1 heterocycles. The quantitative estimate of drug-likeness (QED) is 0.223. The molecule has 0 spiro atoms. The molecule has 0 bridgehead atoms. The zero-order valence-corrected chi connectivity index (χ0v) is 22.0. The molecule has 5 aromatic rings. The monoisotopic (exact) mass is 537 g/mol. The smallest absolute Gasteiger partial charge is 0.267 e. The van der Waals surface area contributed by atoms with E-state index in [0.717, 1.165) is 5.56 Å². The highest BCUT2D eigenvalue weighted by molar-refractivity contribution is 6.30. The SMILES string of the molecule is CC(C)(Oc1ccc(C(=O)c2ccc(Cl)cc2)cc1)C(=O)Nc1ccc2oc(-c3ccccc3)cc(=O)c2c1. The highest BCUT2D eigenvalue weighted by Gasteiger charge is 2.30. The van der Waals surface area contributed by atoms with Crippen molar-refractivity contribution >= 4 is 39.9 Å². The van der Waals surface area contributed by atoms with Gasteiger partial charge in [-0.3, -0.25) is 14.4 Å². The van der Waals surface area contributed by atoms with Gasteiger partial charge in [0.05, 0.1) is 5.39 Å². The maximum absolute atomic E-state index is 13.1. The molecule has 0 aliphatic heterocycles. The van der Waals surface area contributed by atoms with Crippen LogP contribution in [-0.2, 0) is 4.79 Å². The lowest BCUT2D eigenvalue weighted by Crippen LogP contribution is -2.42. The zero-order valence-electron chi connectivity index (χ0n) is 21.2. The topological polar surface area (TPSA) is 85.6 Å². The molecule has 0 unspecified atom stereocenters. The number of benzene rings is 4. The molecule has 194 valence electrons. The summed E-state index contributed by atoms with van der Waals surface area (Å²) in [6, 6.07) is 29.0. The third-order valence-corrected chi connectivity index (χ3v) is 6.44. The number of ketones is 1. The fourth-order valence-corrected chi connectivity index (χ4v) is 4.17. The summed E-state index contributed by atoms with van der Waals surface area (Å²) in [5.74, 6) is 0.344. The van der Waals surface area contributed by atoms with E-state index in [1.807, 2.05) is 30.3 Å². The van der Waals surface area contributed by atoms with Crippen molar-refractivity contribution in [3.63, 3.8) is 0 Å². The first kappa shape index (κ1) is 25.9. The molecule has 1 aromatic heterocycles. The Morgan fingerprint density at radius 1 is 0.821 bits per heavy atom. The molecular formula is C32H24ClNO5. The van der Waals surface area contributed by atoms with E-state index >= 15 is 0 Å². The van der Waals surface area contributed by atoms with Crippen LogP contribution in [-0.4, -0.2) is 17.3 Å². The van der Waals surface area contributed by atoms with Crippen molar-refractivity contribution in [3.8, 4) is 17.1 Å². The van der Waals surface area contributed by atoms with E-state index in [1.54, 1.807) is 80.6 Å². The number of halogens is 1. The molecule has 5 rings (SSSR count). The molecule has 0 aliphatic rings. The van der Waals surface area contributed by atoms with E-state index in [4.69, 9.17) is 20.8 Å². The summed E-state index contributed by atoms with van der Waals surface area (Å²) >= 11 is 5.90. The molecule has 0 radical (unpaired) electrons. The van der Waals surface area contributed by atoms with Gasteiger partial charge in [-0.15, -0.1) is 0 Å². The van der Waals surface area contributed by atoms with Crippen molar-refractivity contribution in [1.82, 2.24) is 0 Å². The molecule has 0 aliphatic carbocycles. The first-order valence-corrected chi connectivity index (χ1v) is 12.6. The third-order valence-electron chi connectivity index (χ3n) is 6.19. The van der Waals surface area contributed by atoms with Crippen LogP contribution in [0, 0.1) is 0 Å². The first-order chi connectivity index (χ1) is 18.7. The minimum Gasteiger partial charge on any atom is -0.478 e. The minimum absolute atomic E-state index is 0.146. The van der Waals surface area contributed by atoms with Crippen LogP contribution in [0.2, 0.25) is 5.02 Å². The molecule has 0 atom stereocenters. The van der Waals surface area contributed by atoms with Crippen molar-refractivity contribution in [1.29, 1.82) is 0 Å². The van der Waals surface area contributed by atoms with Gasteiger partial charge in [0.2, 0.25) is 0 Å². The molecule has 0 fully saturated rings. The molecule has 6 nitrogen and oxygen atoms in total. The molecule has 1 N–H and O–H groups in total. The third kappa shape index (κ3) is 5.76. The van der Waals surface area contributed by atoms with Crippen LogP contribution in [0.25, 0.3) is 22.3 Å². The van der Waals surface area contributed by atoms with Crippen LogP contribution >= 0.6 is 11.6 Å². The summed E-state index contributed by atoms with van der Waals surface area (Å²) < 4.78 is 11.9. The minimum atomic E-state index is -1.25. The van der Waals surface area contributed by atoms with Crippen LogP contribution in [0.15, 0.2) is 112 Å². The Bertz CT molecular complexity index is 1720. The number of hydrogen-bond donors (Lipinski definition) is 1. The van der Waals surface area contributed by atoms with Crippen molar-refractivity contribution < 1.29 is 18.7 Å². The van der Waals surface area contributed by atoms with Gasteiger partial charge in [0.1, 0.15) is 17.1 Å². The zero-order chi connectivity index (χ0) is 27.6. The summed E-state index contributed by atoms with van der Waals surface area (Å²) in [7, 11) is 0. The molecule has 4 aromatic carbocycles. The molecule has 7 heteroatoms. The molecule has 39 heavy (non-hydrogen) atoms. The maximum Gasteiger partial charge on any atom is 0.267 e. The second-order valence-electron chi connectivity index (χ2n) is 9.48. The first-order valence-electron chi connectivity index (χ1n) is 12.2. The van der Waals surface area contributed by atoms with Gasteiger partial charge < -0.3 is 14.5 Å². The Labute approximate surface area is 229 Å². The van der Waals surface area contributed by atoms with Crippen LogP contribution < -0.4 is 15.5 Å². The standard InChI is InChI=1S/C32H24ClNO5/c1-32(2,39-25-15-10-22(11-16-25)30(36)21-8-12-23(33)13-9-21)31(37)34-24-14-17-28-26(18-24)27(35)19-29(38-28)20-6-4-3-5-7-20/h3-19H,1-2H3,(H,34,37). The highest BCUT2D eigenvalue weighted by Crippen LogP contribution is 2.26. The van der Waals surface area contributed by atoms with Crippen molar-refractivity contribution in [2.45, 2.75) is 19.4 Å². The Morgan fingerprint density at radius 2 is 1.46 bits per heavy atom. The molecule has 0 saturated carbocycles. The van der Waals surface area contributed by atoms with Gasteiger partial charge in [0.25, 0.3) is 5.91 Å². The van der Waals surface area contributed by atoms with Crippen molar-refractivity contribution in [2.75, 3.05) is 5.32 Å². The largest absolute Gasteiger partial charge is 0.478 e. The van der Waals surface area contributed by atoms with Crippen molar-refractivity contribution in [3.05, 3.63) is 130 Å². The van der Waals surface area contributed by atoms with Gasteiger partial charge in [-0.25, -0.2) is 0 Å². The lowest BCUT2D eigenvalue weighted by Gasteiger charge is -2.25. The van der Waals surface area contributed by atoms with E-state index < -0.39 is 11.5 Å². The van der Waals surface area contributed by atoms with Gasteiger partial charge in [-0.1, -0.05) is 41.9 Å². The number of carbonyl (C=O) groups excluding carboxylic acids is 2. The number of ether oxygens (including phenoxy) is 1. The lowest BCUT2D eigenvalue weighted by molar-refractivity contribution is -0.128. The number of nitrogens with one attached hydrogen (secondary N) is 1. The number of anilines is 1. The van der Waals surface area contributed by atoms with E-state index in [2.05, 4.69) is 5.32 Å². The second kappa shape index (κ2) is 10.6. The summed E-state index contributed by atoms with van der Waals surface area (Å²) in [5.41, 5.74) is 1.20. The molecule has 1 amide bonds. The van der Waals surface area contributed by atoms with E-state index in [-0.39, 0.29) is 11.2 Å². The summed E-state index contributed by atoms with van der Waals surface area (Å²) in [6.07, 6.45) is 0. The lowest BCUT2D eigenvalue weighted by atomic mass is 10.0. The Morgan fingerprint density at radius 3 is 2.13 bits per heavy atom. The summed E-state index contributed by atoms with van der Waals surface area (Å²) in [6.45, 7) is 3.27. The molecule has 0 saturated heterocycles. The Kier molecular flexibility index (Phi) is 7.05. The second-order valence-corrected chi connectivity index (χ2v) is 9.92. The van der Waals surface area contributed by atoms with E-state index in [9.17, 15) is 14.4 Å². The van der Waals surface area contributed by atoms with Crippen LogP contribution in [0.5, 0.6) is 5.75 Å². The van der Waals surface area contributed by atoms with Gasteiger partial charge in [0.15, 0.2) is 16.8 Å². The average Bonchev–Trinajstić information content (AvgIpc) is 2.94. The predicted octanol–water partition coefficient (Wildman–Crippen LogP) is 7.14. The fourth-order valence-electron chi connectivity index (χ4n) is 4.04. The van der Waals surface area contributed by atoms with Crippen molar-refractivity contribution in [2.24, 2.45) is 0 Å². The van der Waals surface area contributed by atoms with E-state index in [1.165, 1.54) is 6.07 Å².